The summed E-state index contributed by atoms with van der Waals surface area (Å²) in [5.74, 6) is -2.61. The van der Waals surface area contributed by atoms with Crippen molar-refractivity contribution in [1.82, 2.24) is 14.9 Å². The van der Waals surface area contributed by atoms with Crippen LogP contribution in [-0.2, 0) is 26.3 Å². The van der Waals surface area contributed by atoms with E-state index in [1.807, 2.05) is 0 Å². The Hall–Kier alpha value is -2.38. The third kappa shape index (κ3) is 4.67. The van der Waals surface area contributed by atoms with Gasteiger partial charge in [-0.25, -0.2) is 14.6 Å². The van der Waals surface area contributed by atoms with Gasteiger partial charge in [-0.15, -0.1) is 0 Å². The lowest BCUT2D eigenvalue weighted by atomic mass is 9.79. The van der Waals surface area contributed by atoms with Crippen molar-refractivity contribution in [2.45, 2.75) is 64.8 Å². The number of imidazole rings is 1. The molecule has 1 aliphatic heterocycles. The molecule has 3 N–H and O–H groups in total. The van der Waals surface area contributed by atoms with E-state index in [1.54, 1.807) is 6.33 Å². The first-order chi connectivity index (χ1) is 12.7. The number of aromatic amines is 1. The maximum Gasteiger partial charge on any atom is 0.414 e. The molecule has 2 heterocycles. The van der Waals surface area contributed by atoms with Gasteiger partial charge in [0.1, 0.15) is 0 Å². The highest BCUT2D eigenvalue weighted by Crippen LogP contribution is 2.37. The van der Waals surface area contributed by atoms with Crippen molar-refractivity contribution < 1.29 is 24.6 Å². The lowest BCUT2D eigenvalue weighted by Gasteiger charge is -2.44. The fraction of sp³-hybridized carbons (Fsp3) is 0.684. The maximum atomic E-state index is 13.0. The van der Waals surface area contributed by atoms with Gasteiger partial charge in [0.25, 0.3) is 0 Å². The number of fused-ring (bicyclic) bond motifs is 1. The molecule has 0 aromatic carbocycles. The third-order valence-electron chi connectivity index (χ3n) is 5.75. The van der Waals surface area contributed by atoms with Crippen LogP contribution in [0.3, 0.4) is 0 Å². The first kappa shape index (κ1) is 20.9. The minimum absolute atomic E-state index is 0.144. The number of carbonyl (C=O) groups excluding carboxylic acids is 1. The van der Waals surface area contributed by atoms with Crippen LogP contribution in [0.15, 0.2) is 6.33 Å². The predicted molar refractivity (Wildman–Crippen MR) is 98.0 cm³/mol. The number of aliphatic carboxylic acids is 2. The molecule has 1 atom stereocenters. The molecule has 0 bridgehead atoms. The minimum atomic E-state index is -1.82. The summed E-state index contributed by atoms with van der Waals surface area (Å²) >= 11 is 0. The molecular weight excluding hydrogens is 350 g/mol. The number of nitrogens with one attached hydrogen (secondary N) is 1. The molecule has 2 aliphatic rings. The second-order valence-electron chi connectivity index (χ2n) is 7.83. The summed E-state index contributed by atoms with van der Waals surface area (Å²) in [5, 5.41) is 14.8. The van der Waals surface area contributed by atoms with Gasteiger partial charge in [0.15, 0.2) is 0 Å². The SMILES string of the molecule is CC(C(=O)N1CCc2[nH]cnc2C1(C)C)C1CCCCC1.O=C(O)C(=O)O. The minimum Gasteiger partial charge on any atom is -0.473 e. The number of H-pyrrole nitrogens is 1. The fourth-order valence-corrected chi connectivity index (χ4v) is 4.14. The first-order valence-electron chi connectivity index (χ1n) is 9.46. The second-order valence-corrected chi connectivity index (χ2v) is 7.83. The molecule has 1 saturated carbocycles. The summed E-state index contributed by atoms with van der Waals surface area (Å²) in [6.07, 6.45) is 8.99. The average Bonchev–Trinajstić information content (AvgIpc) is 3.12. The standard InChI is InChI=1S/C17H27N3O.C2H2O4/c1-12(13-7-5-4-6-8-13)16(21)20-10-9-14-15(17(20,2)3)19-11-18-14;3-1(4)2(5)6/h11-13H,4-10H2,1-3H3,(H,18,19);(H,3,4)(H,5,6). The van der Waals surface area contributed by atoms with Gasteiger partial charge in [0.05, 0.1) is 17.6 Å². The molecule has 150 valence electrons. The highest BCUT2D eigenvalue weighted by molar-refractivity contribution is 6.27. The van der Waals surface area contributed by atoms with Crippen LogP contribution in [0.2, 0.25) is 0 Å². The highest BCUT2D eigenvalue weighted by atomic mass is 16.4. The first-order valence-corrected chi connectivity index (χ1v) is 9.46. The van der Waals surface area contributed by atoms with Gasteiger partial charge in [-0.05, 0) is 32.6 Å². The van der Waals surface area contributed by atoms with Crippen molar-refractivity contribution in [3.63, 3.8) is 0 Å². The zero-order valence-electron chi connectivity index (χ0n) is 16.2. The lowest BCUT2D eigenvalue weighted by molar-refractivity contribution is -0.159. The number of nitrogens with zero attached hydrogens (tertiary/aromatic N) is 2. The Labute approximate surface area is 159 Å². The quantitative estimate of drug-likeness (QED) is 0.678. The highest BCUT2D eigenvalue weighted by Gasteiger charge is 2.42. The van der Waals surface area contributed by atoms with Crippen molar-refractivity contribution in [1.29, 1.82) is 0 Å². The predicted octanol–water partition coefficient (Wildman–Crippen LogP) is 2.40. The van der Waals surface area contributed by atoms with E-state index in [-0.39, 0.29) is 11.5 Å². The van der Waals surface area contributed by atoms with E-state index in [0.29, 0.717) is 11.8 Å². The van der Waals surface area contributed by atoms with Crippen LogP contribution in [0.5, 0.6) is 0 Å². The van der Waals surface area contributed by atoms with E-state index in [0.717, 1.165) is 18.7 Å². The molecule has 3 rings (SSSR count). The Kier molecular flexibility index (Phi) is 6.62. The molecule has 0 spiro atoms. The van der Waals surface area contributed by atoms with Crippen LogP contribution >= 0.6 is 0 Å². The van der Waals surface area contributed by atoms with Crippen molar-refractivity contribution in [2.24, 2.45) is 11.8 Å². The van der Waals surface area contributed by atoms with Crippen molar-refractivity contribution in [3.05, 3.63) is 17.7 Å². The Bertz CT molecular complexity index is 679. The summed E-state index contributed by atoms with van der Waals surface area (Å²) in [5.41, 5.74) is 1.93. The molecule has 27 heavy (non-hydrogen) atoms. The van der Waals surface area contributed by atoms with Crippen LogP contribution < -0.4 is 0 Å². The van der Waals surface area contributed by atoms with Crippen LogP contribution in [0.25, 0.3) is 0 Å². The van der Waals surface area contributed by atoms with Gasteiger partial charge in [0.2, 0.25) is 5.91 Å². The molecule has 1 unspecified atom stereocenters. The van der Waals surface area contributed by atoms with Gasteiger partial charge >= 0.3 is 11.9 Å². The van der Waals surface area contributed by atoms with Crippen LogP contribution in [0.1, 0.15) is 64.3 Å². The van der Waals surface area contributed by atoms with Crippen molar-refractivity contribution >= 4 is 17.8 Å². The second kappa shape index (κ2) is 8.54. The largest absolute Gasteiger partial charge is 0.473 e. The zero-order chi connectivity index (χ0) is 20.2. The molecule has 1 aromatic rings. The van der Waals surface area contributed by atoms with Gasteiger partial charge < -0.3 is 20.1 Å². The number of amides is 1. The Morgan fingerprint density at radius 1 is 1.19 bits per heavy atom. The molecule has 1 aromatic heterocycles. The van der Waals surface area contributed by atoms with Crippen molar-refractivity contribution in [3.8, 4) is 0 Å². The van der Waals surface area contributed by atoms with Gasteiger partial charge in [-0.3, -0.25) is 4.79 Å². The van der Waals surface area contributed by atoms with E-state index in [1.165, 1.54) is 37.8 Å². The van der Waals surface area contributed by atoms with E-state index >= 15 is 0 Å². The normalized spacial score (nSPS) is 20.0. The molecule has 0 saturated heterocycles. The smallest absolute Gasteiger partial charge is 0.414 e. The molecule has 8 nitrogen and oxygen atoms in total. The summed E-state index contributed by atoms with van der Waals surface area (Å²) in [7, 11) is 0. The number of rotatable bonds is 2. The Balaban J connectivity index is 0.000000380. The van der Waals surface area contributed by atoms with E-state index in [9.17, 15) is 4.79 Å². The zero-order valence-corrected chi connectivity index (χ0v) is 16.2. The summed E-state index contributed by atoms with van der Waals surface area (Å²) in [4.78, 5) is 41.0. The summed E-state index contributed by atoms with van der Waals surface area (Å²) in [6, 6.07) is 0. The Morgan fingerprint density at radius 3 is 2.33 bits per heavy atom. The lowest BCUT2D eigenvalue weighted by Crippen LogP contribution is -2.52. The van der Waals surface area contributed by atoms with Crippen LogP contribution in [-0.4, -0.2) is 49.5 Å². The molecular formula is C19H29N3O5. The number of carboxylic acids is 2. The van der Waals surface area contributed by atoms with Crippen LogP contribution in [0, 0.1) is 11.8 Å². The van der Waals surface area contributed by atoms with Gasteiger partial charge in [-0.2, -0.15) is 0 Å². The van der Waals surface area contributed by atoms with Crippen molar-refractivity contribution in [2.75, 3.05) is 6.54 Å². The van der Waals surface area contributed by atoms with E-state index < -0.39 is 11.9 Å². The van der Waals surface area contributed by atoms with E-state index in [4.69, 9.17) is 19.8 Å². The average molecular weight is 379 g/mol. The molecule has 1 aliphatic carbocycles. The number of hydrogen-bond donors (Lipinski definition) is 3. The van der Waals surface area contributed by atoms with Gasteiger partial charge in [0, 0.05) is 24.6 Å². The maximum absolute atomic E-state index is 13.0. The monoisotopic (exact) mass is 379 g/mol. The van der Waals surface area contributed by atoms with E-state index in [2.05, 4.69) is 35.6 Å². The van der Waals surface area contributed by atoms with Gasteiger partial charge in [-0.1, -0.05) is 26.2 Å². The molecule has 8 heteroatoms. The molecule has 1 amide bonds. The summed E-state index contributed by atoms with van der Waals surface area (Å²) in [6.45, 7) is 7.18. The third-order valence-corrected chi connectivity index (χ3v) is 5.75. The number of hydrogen-bond acceptors (Lipinski definition) is 4. The van der Waals surface area contributed by atoms with Crippen LogP contribution in [0.4, 0.5) is 0 Å². The fourth-order valence-electron chi connectivity index (χ4n) is 4.14. The summed E-state index contributed by atoms with van der Waals surface area (Å²) < 4.78 is 0. The molecule has 1 fully saturated rings. The topological polar surface area (TPSA) is 124 Å². The number of carboxylic acid groups (broad SMARTS) is 2. The Morgan fingerprint density at radius 2 is 1.78 bits per heavy atom. The molecule has 0 radical (unpaired) electrons. The number of carbonyl (C=O) groups is 3. The number of aromatic nitrogens is 2.